The zero-order valence-corrected chi connectivity index (χ0v) is 12.6. The molecule has 116 valence electrons. The van der Waals surface area contributed by atoms with Crippen molar-refractivity contribution in [2.75, 3.05) is 0 Å². The topological polar surface area (TPSA) is 70.2 Å². The summed E-state index contributed by atoms with van der Waals surface area (Å²) in [7, 11) is 0. The summed E-state index contributed by atoms with van der Waals surface area (Å²) < 4.78 is 12.7. The van der Waals surface area contributed by atoms with Crippen LogP contribution in [0.2, 0.25) is 0 Å². The van der Waals surface area contributed by atoms with Gasteiger partial charge >= 0.3 is 6.03 Å². The molecule has 0 heterocycles. The van der Waals surface area contributed by atoms with Crippen molar-refractivity contribution in [3.05, 3.63) is 35.6 Å². The van der Waals surface area contributed by atoms with Gasteiger partial charge in [-0.05, 0) is 38.0 Å². The maximum Gasteiger partial charge on any atom is 0.315 e. The number of amides is 3. The summed E-state index contributed by atoms with van der Waals surface area (Å²) in [6.45, 7) is 5.76. The Morgan fingerprint density at radius 2 is 1.76 bits per heavy atom. The van der Waals surface area contributed by atoms with Gasteiger partial charge < -0.3 is 16.0 Å². The summed E-state index contributed by atoms with van der Waals surface area (Å²) in [6.07, 6.45) is 0.829. The van der Waals surface area contributed by atoms with Gasteiger partial charge in [0.1, 0.15) is 11.9 Å². The standard InChI is InChI=1S/C15H22FN3O2/c1-4-10(2)18-14(20)11(3)19-15(21)17-9-12-5-7-13(16)8-6-12/h5-8,10-11H,4,9H2,1-3H3,(H,18,20)(H2,17,19,21)/t10-,11+/m0/s1. The second kappa shape index (κ2) is 8.24. The summed E-state index contributed by atoms with van der Waals surface area (Å²) in [6, 6.07) is 4.86. The molecule has 0 radical (unpaired) electrons. The summed E-state index contributed by atoms with van der Waals surface area (Å²) in [5.74, 6) is -0.542. The van der Waals surface area contributed by atoms with E-state index in [1.807, 2.05) is 13.8 Å². The van der Waals surface area contributed by atoms with E-state index < -0.39 is 12.1 Å². The second-order valence-corrected chi connectivity index (χ2v) is 4.99. The van der Waals surface area contributed by atoms with Gasteiger partial charge in [0, 0.05) is 12.6 Å². The van der Waals surface area contributed by atoms with Gasteiger partial charge in [0.2, 0.25) is 5.91 Å². The fourth-order valence-corrected chi connectivity index (χ4v) is 1.57. The molecule has 3 N–H and O–H groups in total. The highest BCUT2D eigenvalue weighted by Gasteiger charge is 2.16. The van der Waals surface area contributed by atoms with E-state index >= 15 is 0 Å². The Balaban J connectivity index is 2.35. The maximum absolute atomic E-state index is 12.7. The molecular formula is C15H22FN3O2. The highest BCUT2D eigenvalue weighted by molar-refractivity contribution is 5.86. The van der Waals surface area contributed by atoms with E-state index in [1.54, 1.807) is 19.1 Å². The third kappa shape index (κ3) is 6.25. The van der Waals surface area contributed by atoms with E-state index in [4.69, 9.17) is 0 Å². The minimum atomic E-state index is -0.618. The lowest BCUT2D eigenvalue weighted by atomic mass is 10.2. The highest BCUT2D eigenvalue weighted by atomic mass is 19.1. The van der Waals surface area contributed by atoms with Gasteiger partial charge in [0.05, 0.1) is 0 Å². The lowest BCUT2D eigenvalue weighted by Gasteiger charge is -2.17. The molecule has 5 nitrogen and oxygen atoms in total. The lowest BCUT2D eigenvalue weighted by molar-refractivity contribution is -0.123. The third-order valence-electron chi connectivity index (χ3n) is 3.11. The quantitative estimate of drug-likeness (QED) is 0.750. The second-order valence-electron chi connectivity index (χ2n) is 4.99. The first-order valence-corrected chi connectivity index (χ1v) is 7.01. The smallest absolute Gasteiger partial charge is 0.315 e. The predicted octanol–water partition coefficient (Wildman–Crippen LogP) is 1.93. The Morgan fingerprint density at radius 1 is 1.14 bits per heavy atom. The number of carbonyl (C=O) groups is 2. The molecule has 3 amide bonds. The molecule has 0 aromatic heterocycles. The molecule has 0 aliphatic heterocycles. The summed E-state index contributed by atoms with van der Waals surface area (Å²) in [5.41, 5.74) is 0.781. The predicted molar refractivity (Wildman–Crippen MR) is 79.1 cm³/mol. The number of benzene rings is 1. The molecule has 0 aliphatic carbocycles. The summed E-state index contributed by atoms with van der Waals surface area (Å²) in [4.78, 5) is 23.4. The Kier molecular flexibility index (Phi) is 6.65. The van der Waals surface area contributed by atoms with Crippen molar-refractivity contribution in [3.8, 4) is 0 Å². The Hall–Kier alpha value is -2.11. The molecular weight excluding hydrogens is 273 g/mol. The van der Waals surface area contributed by atoms with Crippen molar-refractivity contribution in [3.63, 3.8) is 0 Å². The Labute approximate surface area is 124 Å². The molecule has 1 aromatic carbocycles. The number of carbonyl (C=O) groups excluding carboxylic acids is 2. The molecule has 0 bridgehead atoms. The Morgan fingerprint density at radius 3 is 2.33 bits per heavy atom. The van der Waals surface area contributed by atoms with Crippen LogP contribution >= 0.6 is 0 Å². The zero-order chi connectivity index (χ0) is 15.8. The van der Waals surface area contributed by atoms with Gasteiger partial charge in [0.15, 0.2) is 0 Å². The van der Waals surface area contributed by atoms with Crippen molar-refractivity contribution in [1.29, 1.82) is 0 Å². The van der Waals surface area contributed by atoms with Gasteiger partial charge in [-0.25, -0.2) is 9.18 Å². The maximum atomic E-state index is 12.7. The van der Waals surface area contributed by atoms with Crippen LogP contribution in [0.3, 0.4) is 0 Å². The molecule has 0 saturated carbocycles. The molecule has 0 spiro atoms. The summed E-state index contributed by atoms with van der Waals surface area (Å²) >= 11 is 0. The van der Waals surface area contributed by atoms with E-state index in [-0.39, 0.29) is 24.3 Å². The molecule has 0 unspecified atom stereocenters. The van der Waals surface area contributed by atoms with Crippen LogP contribution in [-0.4, -0.2) is 24.0 Å². The number of rotatable bonds is 6. The third-order valence-corrected chi connectivity index (χ3v) is 3.11. The van der Waals surface area contributed by atoms with E-state index in [0.29, 0.717) is 0 Å². The van der Waals surface area contributed by atoms with E-state index in [2.05, 4.69) is 16.0 Å². The van der Waals surface area contributed by atoms with Crippen molar-refractivity contribution in [1.82, 2.24) is 16.0 Å². The van der Waals surface area contributed by atoms with Crippen LogP contribution in [0.25, 0.3) is 0 Å². The van der Waals surface area contributed by atoms with Crippen LogP contribution in [0.4, 0.5) is 9.18 Å². The molecule has 0 aliphatic rings. The number of urea groups is 1. The monoisotopic (exact) mass is 295 g/mol. The molecule has 0 fully saturated rings. The fraction of sp³-hybridized carbons (Fsp3) is 0.467. The van der Waals surface area contributed by atoms with Crippen molar-refractivity contribution in [2.24, 2.45) is 0 Å². The van der Waals surface area contributed by atoms with Crippen molar-refractivity contribution >= 4 is 11.9 Å². The van der Waals surface area contributed by atoms with E-state index in [1.165, 1.54) is 12.1 Å². The largest absolute Gasteiger partial charge is 0.352 e. The highest BCUT2D eigenvalue weighted by Crippen LogP contribution is 2.01. The van der Waals surface area contributed by atoms with Gasteiger partial charge in [-0.3, -0.25) is 4.79 Å². The number of hydrogen-bond acceptors (Lipinski definition) is 2. The van der Waals surface area contributed by atoms with Crippen LogP contribution < -0.4 is 16.0 Å². The van der Waals surface area contributed by atoms with E-state index in [9.17, 15) is 14.0 Å². The normalized spacial score (nSPS) is 13.1. The first kappa shape index (κ1) is 16.9. The molecule has 0 saturated heterocycles. The molecule has 6 heteroatoms. The minimum Gasteiger partial charge on any atom is -0.352 e. The lowest BCUT2D eigenvalue weighted by Crippen LogP contribution is -2.49. The average Bonchev–Trinajstić information content (AvgIpc) is 2.46. The number of halogens is 1. The fourth-order valence-electron chi connectivity index (χ4n) is 1.57. The van der Waals surface area contributed by atoms with Crippen LogP contribution in [0.1, 0.15) is 32.8 Å². The molecule has 2 atom stereocenters. The van der Waals surface area contributed by atoms with Crippen molar-refractivity contribution < 1.29 is 14.0 Å². The van der Waals surface area contributed by atoms with Gasteiger partial charge in [-0.2, -0.15) is 0 Å². The zero-order valence-electron chi connectivity index (χ0n) is 12.6. The van der Waals surface area contributed by atoms with Gasteiger partial charge in [-0.15, -0.1) is 0 Å². The van der Waals surface area contributed by atoms with Crippen LogP contribution in [0, 0.1) is 5.82 Å². The minimum absolute atomic E-state index is 0.0732. The van der Waals surface area contributed by atoms with Crippen LogP contribution in [-0.2, 0) is 11.3 Å². The van der Waals surface area contributed by atoms with Crippen LogP contribution in [0.15, 0.2) is 24.3 Å². The SMILES string of the molecule is CC[C@H](C)NC(=O)[C@@H](C)NC(=O)NCc1ccc(F)cc1. The Bertz CT molecular complexity index is 476. The first-order valence-electron chi connectivity index (χ1n) is 7.01. The van der Waals surface area contributed by atoms with E-state index in [0.717, 1.165) is 12.0 Å². The number of nitrogens with one attached hydrogen (secondary N) is 3. The van der Waals surface area contributed by atoms with Gasteiger partial charge in [-0.1, -0.05) is 19.1 Å². The molecule has 1 rings (SSSR count). The first-order chi connectivity index (χ1) is 9.92. The average molecular weight is 295 g/mol. The number of hydrogen-bond donors (Lipinski definition) is 3. The van der Waals surface area contributed by atoms with Gasteiger partial charge in [0.25, 0.3) is 0 Å². The molecule has 21 heavy (non-hydrogen) atoms. The van der Waals surface area contributed by atoms with Crippen molar-refractivity contribution in [2.45, 2.75) is 45.8 Å². The molecule has 1 aromatic rings. The van der Waals surface area contributed by atoms with Crippen LogP contribution in [0.5, 0.6) is 0 Å². The summed E-state index contributed by atoms with van der Waals surface area (Å²) in [5, 5.41) is 7.97.